The molecular weight excluding hydrogens is 480 g/mol. The molecule has 3 aromatic rings. The van der Waals surface area contributed by atoms with Crippen molar-refractivity contribution in [2.24, 2.45) is 5.90 Å². The summed E-state index contributed by atoms with van der Waals surface area (Å²) >= 11 is 6.71. The number of halogens is 1. The fourth-order valence-corrected chi connectivity index (χ4v) is 5.45. The van der Waals surface area contributed by atoms with E-state index >= 15 is 0 Å². The standard InChI is InChI=1S/C28H27ClN2O5/c1-28(2,3)20-10-9-17(15-21(20)29)31-25(16-8-11-22-23(14-16)35-13-12-34-22)24(27(33)36-30)18-6-4-5-7-19(18)26(31)32/h4-11,14-15,24-25H,12-13,30H2,1-3H3/t24-,25+/m0/s1. The Morgan fingerprint density at radius 1 is 1.03 bits per heavy atom. The molecule has 36 heavy (non-hydrogen) atoms. The first-order valence-corrected chi connectivity index (χ1v) is 12.1. The highest BCUT2D eigenvalue weighted by atomic mass is 35.5. The number of carbonyl (C=O) groups excluding carboxylic acids is 2. The molecule has 0 aromatic heterocycles. The first-order chi connectivity index (χ1) is 17.2. The van der Waals surface area contributed by atoms with Crippen LogP contribution in [0.3, 0.4) is 0 Å². The monoisotopic (exact) mass is 506 g/mol. The number of benzene rings is 3. The van der Waals surface area contributed by atoms with Crippen LogP contribution >= 0.6 is 11.6 Å². The van der Waals surface area contributed by atoms with Crippen LogP contribution in [0.2, 0.25) is 5.02 Å². The van der Waals surface area contributed by atoms with Gasteiger partial charge in [0.2, 0.25) is 0 Å². The highest BCUT2D eigenvalue weighted by molar-refractivity contribution is 6.32. The van der Waals surface area contributed by atoms with E-state index in [4.69, 9.17) is 31.8 Å². The molecule has 0 bridgehead atoms. The van der Waals surface area contributed by atoms with Crippen LogP contribution in [0.15, 0.2) is 60.7 Å². The van der Waals surface area contributed by atoms with Gasteiger partial charge in [-0.3, -0.25) is 9.69 Å². The van der Waals surface area contributed by atoms with Crippen LogP contribution in [0, 0.1) is 0 Å². The Labute approximate surface area is 214 Å². The van der Waals surface area contributed by atoms with Crippen molar-refractivity contribution in [1.29, 1.82) is 0 Å². The number of hydrogen-bond acceptors (Lipinski definition) is 6. The van der Waals surface area contributed by atoms with Crippen LogP contribution in [0.1, 0.15) is 59.8 Å². The number of nitrogens with two attached hydrogens (primary N) is 1. The van der Waals surface area contributed by atoms with Crippen molar-refractivity contribution in [1.82, 2.24) is 0 Å². The summed E-state index contributed by atoms with van der Waals surface area (Å²) in [7, 11) is 0. The lowest BCUT2D eigenvalue weighted by Gasteiger charge is -2.41. The Balaban J connectivity index is 1.73. The maximum atomic E-state index is 14.0. The van der Waals surface area contributed by atoms with Crippen LogP contribution in [-0.4, -0.2) is 25.1 Å². The van der Waals surface area contributed by atoms with Gasteiger partial charge in [0, 0.05) is 16.3 Å². The predicted octanol–water partition coefficient (Wildman–Crippen LogP) is 5.31. The summed E-state index contributed by atoms with van der Waals surface area (Å²) in [5.41, 5.74) is 2.95. The maximum Gasteiger partial charge on any atom is 0.334 e. The summed E-state index contributed by atoms with van der Waals surface area (Å²) in [5, 5.41) is 0.533. The molecular formula is C28H27ClN2O5. The number of ether oxygens (including phenoxy) is 2. The lowest BCUT2D eigenvalue weighted by atomic mass is 9.79. The van der Waals surface area contributed by atoms with Crippen molar-refractivity contribution in [2.45, 2.75) is 38.1 Å². The second-order valence-electron chi connectivity index (χ2n) is 9.94. The van der Waals surface area contributed by atoms with Gasteiger partial charge in [-0.15, -0.1) is 0 Å². The fourth-order valence-electron chi connectivity index (χ4n) is 4.99. The Morgan fingerprint density at radius 3 is 2.44 bits per heavy atom. The van der Waals surface area contributed by atoms with E-state index in [9.17, 15) is 9.59 Å². The van der Waals surface area contributed by atoms with Crippen molar-refractivity contribution in [3.8, 4) is 11.5 Å². The van der Waals surface area contributed by atoms with E-state index in [0.29, 0.717) is 52.1 Å². The van der Waals surface area contributed by atoms with E-state index in [2.05, 4.69) is 20.8 Å². The third kappa shape index (κ3) is 4.08. The zero-order chi connectivity index (χ0) is 25.6. The second-order valence-corrected chi connectivity index (χ2v) is 10.3. The average molecular weight is 507 g/mol. The molecule has 0 radical (unpaired) electrons. The van der Waals surface area contributed by atoms with E-state index in [-0.39, 0.29) is 11.3 Å². The van der Waals surface area contributed by atoms with Gasteiger partial charge in [-0.2, -0.15) is 5.90 Å². The van der Waals surface area contributed by atoms with Gasteiger partial charge in [-0.1, -0.05) is 62.7 Å². The molecule has 0 unspecified atom stereocenters. The van der Waals surface area contributed by atoms with Crippen LogP contribution < -0.4 is 20.3 Å². The van der Waals surface area contributed by atoms with Crippen molar-refractivity contribution in [3.63, 3.8) is 0 Å². The van der Waals surface area contributed by atoms with Gasteiger partial charge in [-0.05, 0) is 52.4 Å². The van der Waals surface area contributed by atoms with Gasteiger partial charge in [0.1, 0.15) is 19.1 Å². The minimum Gasteiger partial charge on any atom is -0.486 e. The molecule has 2 aliphatic rings. The van der Waals surface area contributed by atoms with E-state index in [1.165, 1.54) is 0 Å². The molecule has 2 heterocycles. The number of rotatable bonds is 3. The summed E-state index contributed by atoms with van der Waals surface area (Å²) in [6, 6.07) is 17.2. The molecule has 0 fully saturated rings. The number of nitrogens with zero attached hydrogens (tertiary/aromatic N) is 1. The Kier molecular flexibility index (Phi) is 6.14. The topological polar surface area (TPSA) is 91.1 Å². The molecule has 0 saturated carbocycles. The predicted molar refractivity (Wildman–Crippen MR) is 137 cm³/mol. The Morgan fingerprint density at radius 2 is 1.75 bits per heavy atom. The van der Waals surface area contributed by atoms with Gasteiger partial charge < -0.3 is 14.3 Å². The molecule has 3 aromatic carbocycles. The fraction of sp³-hybridized carbons (Fsp3) is 0.286. The largest absolute Gasteiger partial charge is 0.486 e. The van der Waals surface area contributed by atoms with Crippen molar-refractivity contribution in [3.05, 3.63) is 87.9 Å². The number of hydrogen-bond donors (Lipinski definition) is 1. The number of carbonyl (C=O) groups is 2. The quantitative estimate of drug-likeness (QED) is 0.484. The molecule has 1 amide bonds. The van der Waals surface area contributed by atoms with Crippen LogP contribution in [-0.2, 0) is 15.0 Å². The molecule has 2 aliphatic heterocycles. The molecule has 8 heteroatoms. The minimum atomic E-state index is -0.882. The van der Waals surface area contributed by atoms with Gasteiger partial charge in [0.05, 0.1) is 6.04 Å². The lowest BCUT2D eigenvalue weighted by Crippen LogP contribution is -2.46. The normalized spacial score (nSPS) is 19.0. The molecule has 0 aliphatic carbocycles. The summed E-state index contributed by atoms with van der Waals surface area (Å²) in [5.74, 6) is 4.76. The van der Waals surface area contributed by atoms with E-state index < -0.39 is 17.9 Å². The third-order valence-electron chi connectivity index (χ3n) is 6.66. The minimum absolute atomic E-state index is 0.185. The molecule has 5 rings (SSSR count). The Bertz CT molecular complexity index is 1350. The molecule has 7 nitrogen and oxygen atoms in total. The van der Waals surface area contributed by atoms with Gasteiger partial charge >= 0.3 is 5.97 Å². The molecule has 186 valence electrons. The average Bonchev–Trinajstić information content (AvgIpc) is 2.87. The maximum absolute atomic E-state index is 14.0. The number of anilines is 1. The van der Waals surface area contributed by atoms with Gasteiger partial charge in [0.15, 0.2) is 11.5 Å². The Hall–Kier alpha value is -3.55. The molecule has 0 saturated heterocycles. The smallest absolute Gasteiger partial charge is 0.334 e. The SMILES string of the molecule is CC(C)(C)c1ccc(N2C(=O)c3ccccc3[C@H](C(=O)ON)[C@H]2c2ccc3c(c2)OCCO3)cc1Cl. The number of amides is 1. The summed E-state index contributed by atoms with van der Waals surface area (Å²) in [4.78, 5) is 33.5. The molecule has 0 spiro atoms. The van der Waals surface area contributed by atoms with Gasteiger partial charge in [0.25, 0.3) is 5.91 Å². The summed E-state index contributed by atoms with van der Waals surface area (Å²) < 4.78 is 11.5. The molecule has 2 N–H and O–H groups in total. The zero-order valence-corrected chi connectivity index (χ0v) is 21.0. The molecule has 2 atom stereocenters. The first-order valence-electron chi connectivity index (χ1n) is 11.7. The van der Waals surface area contributed by atoms with E-state index in [1.807, 2.05) is 18.2 Å². The van der Waals surface area contributed by atoms with Crippen LogP contribution in [0.5, 0.6) is 11.5 Å². The third-order valence-corrected chi connectivity index (χ3v) is 6.97. The highest BCUT2D eigenvalue weighted by Gasteiger charge is 2.46. The first kappa shape index (κ1) is 24.2. The van der Waals surface area contributed by atoms with Crippen molar-refractivity contribution in [2.75, 3.05) is 18.1 Å². The van der Waals surface area contributed by atoms with E-state index in [1.54, 1.807) is 47.4 Å². The zero-order valence-electron chi connectivity index (χ0n) is 20.3. The van der Waals surface area contributed by atoms with Crippen molar-refractivity contribution < 1.29 is 23.9 Å². The van der Waals surface area contributed by atoms with E-state index in [0.717, 1.165) is 5.56 Å². The van der Waals surface area contributed by atoms with Crippen LogP contribution in [0.4, 0.5) is 5.69 Å². The van der Waals surface area contributed by atoms with Gasteiger partial charge in [-0.25, -0.2) is 4.79 Å². The van der Waals surface area contributed by atoms with Crippen LogP contribution in [0.25, 0.3) is 0 Å². The summed E-state index contributed by atoms with van der Waals surface area (Å²) in [6.07, 6.45) is 0. The lowest BCUT2D eigenvalue weighted by molar-refractivity contribution is -0.146. The highest BCUT2D eigenvalue weighted by Crippen LogP contribution is 2.48. The summed E-state index contributed by atoms with van der Waals surface area (Å²) in [6.45, 7) is 7.07. The second kappa shape index (κ2) is 9.15. The van der Waals surface area contributed by atoms with Crippen molar-refractivity contribution >= 4 is 29.2 Å². The number of fused-ring (bicyclic) bond motifs is 2.